The van der Waals surface area contributed by atoms with Gasteiger partial charge in [0.25, 0.3) is 0 Å². The van der Waals surface area contributed by atoms with Crippen molar-refractivity contribution in [1.29, 1.82) is 0 Å². The summed E-state index contributed by atoms with van der Waals surface area (Å²) in [5.41, 5.74) is 3.46. The van der Waals surface area contributed by atoms with Crippen LogP contribution in [-0.2, 0) is 9.53 Å². The van der Waals surface area contributed by atoms with Crippen molar-refractivity contribution in [3.63, 3.8) is 0 Å². The summed E-state index contributed by atoms with van der Waals surface area (Å²) in [6.07, 6.45) is 5.27. The minimum Gasteiger partial charge on any atom is -0.493 e. The van der Waals surface area contributed by atoms with Crippen LogP contribution in [0.15, 0.2) is 36.4 Å². The van der Waals surface area contributed by atoms with Crippen LogP contribution in [0.2, 0.25) is 0 Å². The van der Waals surface area contributed by atoms with Crippen LogP contribution < -0.4 is 4.74 Å². The number of carbonyl (C=O) groups is 2. The largest absolute Gasteiger partial charge is 0.493 e. The molecule has 5 nitrogen and oxygen atoms in total. The van der Waals surface area contributed by atoms with Crippen LogP contribution in [-0.4, -0.2) is 29.5 Å². The maximum Gasteiger partial charge on any atom is 0.331 e. The molecule has 0 amide bonds. The molecule has 0 spiro atoms. The third-order valence-electron chi connectivity index (χ3n) is 4.66. The van der Waals surface area contributed by atoms with Gasteiger partial charge in [-0.1, -0.05) is 18.2 Å². The molecule has 0 radical (unpaired) electrons. The minimum atomic E-state index is -0.550. The number of hydrogen-bond donors (Lipinski definition) is 0. The standard InChI is InChI=1S/C22H25NO4/c1-4-26-21-8-6-5-7-17(21)9-12-22(25)27-14-20(24)19-13-15(2)23(16(19)3)18-10-11-18/h5-9,12-13,18H,4,10-11,14H2,1-3H3/b12-9+. The molecule has 1 aliphatic rings. The molecule has 142 valence electrons. The maximum absolute atomic E-state index is 12.5. The number of Topliss-reactive ketones (excluding diaryl/α,β-unsaturated/α-hetero) is 1. The molecule has 1 aliphatic carbocycles. The Hall–Kier alpha value is -2.82. The third kappa shape index (κ3) is 4.48. The van der Waals surface area contributed by atoms with Crippen LogP contribution in [0.25, 0.3) is 6.08 Å². The van der Waals surface area contributed by atoms with E-state index in [1.54, 1.807) is 6.08 Å². The second-order valence-electron chi connectivity index (χ2n) is 6.72. The van der Waals surface area contributed by atoms with Crippen LogP contribution in [0.1, 0.15) is 53.1 Å². The summed E-state index contributed by atoms with van der Waals surface area (Å²) >= 11 is 0. The molecule has 2 aromatic rings. The quantitative estimate of drug-likeness (QED) is 0.397. The highest BCUT2D eigenvalue weighted by molar-refractivity contribution is 6.00. The van der Waals surface area contributed by atoms with Gasteiger partial charge in [-0.3, -0.25) is 4.79 Å². The van der Waals surface area contributed by atoms with E-state index in [2.05, 4.69) is 4.57 Å². The lowest BCUT2D eigenvalue weighted by atomic mass is 10.1. The fourth-order valence-corrected chi connectivity index (χ4v) is 3.28. The van der Waals surface area contributed by atoms with Crippen molar-refractivity contribution in [2.75, 3.05) is 13.2 Å². The first-order chi connectivity index (χ1) is 13.0. The highest BCUT2D eigenvalue weighted by atomic mass is 16.5. The van der Waals surface area contributed by atoms with E-state index in [4.69, 9.17) is 9.47 Å². The lowest BCUT2D eigenvalue weighted by molar-refractivity contribution is -0.136. The van der Waals surface area contributed by atoms with Gasteiger partial charge in [0, 0.05) is 34.6 Å². The zero-order valence-electron chi connectivity index (χ0n) is 16.0. The fraction of sp³-hybridized carbons (Fsp3) is 0.364. The van der Waals surface area contributed by atoms with Crippen LogP contribution in [0.3, 0.4) is 0 Å². The van der Waals surface area contributed by atoms with Crippen molar-refractivity contribution in [2.45, 2.75) is 39.7 Å². The monoisotopic (exact) mass is 367 g/mol. The number of ketones is 1. The average Bonchev–Trinajstić information content (AvgIpc) is 3.44. The van der Waals surface area contributed by atoms with E-state index in [-0.39, 0.29) is 12.4 Å². The first kappa shape index (κ1) is 19.0. The number of aromatic nitrogens is 1. The molecular weight excluding hydrogens is 342 g/mol. The van der Waals surface area contributed by atoms with Gasteiger partial charge >= 0.3 is 5.97 Å². The zero-order chi connectivity index (χ0) is 19.4. The molecule has 1 fully saturated rings. The van der Waals surface area contributed by atoms with Gasteiger partial charge in [-0.2, -0.15) is 0 Å². The SMILES string of the molecule is CCOc1ccccc1/C=C/C(=O)OCC(=O)c1cc(C)n(C2CC2)c1C. The van der Waals surface area contributed by atoms with Gasteiger partial charge in [0.05, 0.1) is 6.61 Å². The third-order valence-corrected chi connectivity index (χ3v) is 4.66. The Bertz CT molecular complexity index is 874. The second-order valence-corrected chi connectivity index (χ2v) is 6.72. The number of nitrogens with zero attached hydrogens (tertiary/aromatic N) is 1. The summed E-state index contributed by atoms with van der Waals surface area (Å²) in [7, 11) is 0. The van der Waals surface area contributed by atoms with Gasteiger partial charge in [0.2, 0.25) is 5.78 Å². The van der Waals surface area contributed by atoms with E-state index in [0.717, 1.165) is 29.8 Å². The Morgan fingerprint density at radius 1 is 1.22 bits per heavy atom. The van der Waals surface area contributed by atoms with Crippen molar-refractivity contribution < 1.29 is 19.1 Å². The highest BCUT2D eigenvalue weighted by Gasteiger charge is 2.28. The Labute approximate surface area is 159 Å². The van der Waals surface area contributed by atoms with E-state index < -0.39 is 5.97 Å². The molecule has 0 N–H and O–H groups in total. The first-order valence-electron chi connectivity index (χ1n) is 9.29. The fourth-order valence-electron chi connectivity index (χ4n) is 3.28. The van der Waals surface area contributed by atoms with Gasteiger partial charge in [0.1, 0.15) is 5.75 Å². The number of rotatable bonds is 8. The Balaban J connectivity index is 1.59. The van der Waals surface area contributed by atoms with Gasteiger partial charge < -0.3 is 14.0 Å². The predicted molar refractivity (Wildman–Crippen MR) is 104 cm³/mol. The number of benzene rings is 1. The molecule has 1 saturated carbocycles. The molecule has 1 aromatic carbocycles. The van der Waals surface area contributed by atoms with E-state index >= 15 is 0 Å². The van der Waals surface area contributed by atoms with E-state index in [9.17, 15) is 9.59 Å². The second kappa shape index (κ2) is 8.25. The average molecular weight is 367 g/mol. The van der Waals surface area contributed by atoms with Crippen LogP contribution in [0.5, 0.6) is 5.75 Å². The lowest BCUT2D eigenvalue weighted by Crippen LogP contribution is -2.13. The maximum atomic E-state index is 12.5. The van der Waals surface area contributed by atoms with Gasteiger partial charge in [-0.05, 0) is 51.8 Å². The van der Waals surface area contributed by atoms with Crippen LogP contribution >= 0.6 is 0 Å². The number of carbonyl (C=O) groups excluding carboxylic acids is 2. The Morgan fingerprint density at radius 3 is 2.67 bits per heavy atom. The molecule has 5 heteroatoms. The molecule has 1 aromatic heterocycles. The topological polar surface area (TPSA) is 57.5 Å². The number of aryl methyl sites for hydroxylation is 1. The smallest absolute Gasteiger partial charge is 0.331 e. The van der Waals surface area contributed by atoms with Gasteiger partial charge in [0.15, 0.2) is 6.61 Å². The summed E-state index contributed by atoms with van der Waals surface area (Å²) in [5, 5.41) is 0. The number of para-hydroxylation sites is 1. The summed E-state index contributed by atoms with van der Waals surface area (Å²) in [6.45, 7) is 6.15. The first-order valence-corrected chi connectivity index (χ1v) is 9.29. The highest BCUT2D eigenvalue weighted by Crippen LogP contribution is 2.38. The van der Waals surface area contributed by atoms with Crippen LogP contribution in [0, 0.1) is 13.8 Å². The zero-order valence-corrected chi connectivity index (χ0v) is 16.0. The summed E-state index contributed by atoms with van der Waals surface area (Å²) in [6, 6.07) is 9.84. The number of hydrogen-bond acceptors (Lipinski definition) is 4. The summed E-state index contributed by atoms with van der Waals surface area (Å²) < 4.78 is 12.9. The molecule has 0 atom stereocenters. The Morgan fingerprint density at radius 2 is 1.96 bits per heavy atom. The van der Waals surface area contributed by atoms with Crippen molar-refractivity contribution in [1.82, 2.24) is 4.57 Å². The summed E-state index contributed by atoms with van der Waals surface area (Å²) in [4.78, 5) is 24.4. The Kier molecular flexibility index (Phi) is 5.79. The van der Waals surface area contributed by atoms with E-state index in [0.29, 0.717) is 24.0 Å². The number of esters is 1. The van der Waals surface area contributed by atoms with Gasteiger partial charge in [-0.15, -0.1) is 0 Å². The molecular formula is C22H25NO4. The van der Waals surface area contributed by atoms with Gasteiger partial charge in [-0.25, -0.2) is 4.79 Å². The number of ether oxygens (including phenoxy) is 2. The lowest BCUT2D eigenvalue weighted by Gasteiger charge is -2.07. The molecule has 0 aliphatic heterocycles. The molecule has 1 heterocycles. The normalized spacial score (nSPS) is 13.7. The molecule has 27 heavy (non-hydrogen) atoms. The van der Waals surface area contributed by atoms with Crippen molar-refractivity contribution in [2.24, 2.45) is 0 Å². The molecule has 0 bridgehead atoms. The molecule has 0 saturated heterocycles. The minimum absolute atomic E-state index is 0.175. The van der Waals surface area contributed by atoms with Crippen LogP contribution in [0.4, 0.5) is 0 Å². The predicted octanol–water partition coefficient (Wildman–Crippen LogP) is 4.28. The van der Waals surface area contributed by atoms with Crippen molar-refractivity contribution in [3.05, 3.63) is 58.9 Å². The molecule has 3 rings (SSSR count). The van der Waals surface area contributed by atoms with E-state index in [1.807, 2.05) is 51.1 Å². The summed E-state index contributed by atoms with van der Waals surface area (Å²) in [5.74, 6) is -0.0234. The van der Waals surface area contributed by atoms with Crippen molar-refractivity contribution >= 4 is 17.8 Å². The molecule has 0 unspecified atom stereocenters. The van der Waals surface area contributed by atoms with Crippen molar-refractivity contribution in [3.8, 4) is 5.75 Å². The van der Waals surface area contributed by atoms with E-state index in [1.165, 1.54) is 6.08 Å².